The molecule has 7 heteroatoms. The molecule has 0 spiro atoms. The van der Waals surface area contributed by atoms with E-state index in [1.807, 2.05) is 67.4 Å². The number of carbonyl (C=O) groups excluding carboxylic acids is 3. The van der Waals surface area contributed by atoms with Gasteiger partial charge in [0, 0.05) is 7.05 Å². The van der Waals surface area contributed by atoms with Gasteiger partial charge in [-0.05, 0) is 43.2 Å². The van der Waals surface area contributed by atoms with Crippen LogP contribution in [-0.4, -0.2) is 47.3 Å². The molecule has 30 heavy (non-hydrogen) atoms. The number of rotatable bonds is 3. The minimum atomic E-state index is -0.839. The number of likely N-dealkylation sites (tertiary alicyclic amines) is 1. The summed E-state index contributed by atoms with van der Waals surface area (Å²) in [5.41, 5.74) is 1.91. The largest absolute Gasteiger partial charge is 0.489 e. The van der Waals surface area contributed by atoms with Crippen LogP contribution in [-0.2, 0) is 21.0 Å². The van der Waals surface area contributed by atoms with Gasteiger partial charge in [-0.2, -0.15) is 0 Å². The monoisotopic (exact) mass is 405 g/mol. The molecule has 3 aliphatic heterocycles. The molecule has 7 nitrogen and oxygen atoms in total. The molecule has 2 unspecified atom stereocenters. The van der Waals surface area contributed by atoms with Crippen molar-refractivity contribution < 1.29 is 19.1 Å². The number of benzene rings is 2. The summed E-state index contributed by atoms with van der Waals surface area (Å²) in [4.78, 5) is 40.1. The van der Waals surface area contributed by atoms with Crippen LogP contribution in [0.3, 0.4) is 0 Å². The smallest absolute Gasteiger partial charge is 0.255 e. The lowest BCUT2D eigenvalue weighted by Gasteiger charge is -2.41. The van der Waals surface area contributed by atoms with Crippen molar-refractivity contribution in [2.75, 3.05) is 18.6 Å². The number of hydrogen-bond acceptors (Lipinski definition) is 5. The summed E-state index contributed by atoms with van der Waals surface area (Å²) in [5, 5.41) is 3.35. The lowest BCUT2D eigenvalue weighted by molar-refractivity contribution is -0.144. The van der Waals surface area contributed by atoms with Crippen LogP contribution in [0, 0.1) is 5.41 Å². The fourth-order valence-electron chi connectivity index (χ4n) is 4.61. The van der Waals surface area contributed by atoms with E-state index in [0.29, 0.717) is 18.9 Å². The quantitative estimate of drug-likeness (QED) is 0.733. The van der Waals surface area contributed by atoms with Gasteiger partial charge in [-0.3, -0.25) is 24.3 Å². The normalized spacial score (nSPS) is 24.1. The molecule has 0 aromatic heterocycles. The van der Waals surface area contributed by atoms with Gasteiger partial charge in [0.1, 0.15) is 18.4 Å². The van der Waals surface area contributed by atoms with Crippen molar-refractivity contribution in [3.63, 3.8) is 0 Å². The predicted octanol–water partition coefficient (Wildman–Crippen LogP) is 2.32. The molecular formula is C23H23N3O4. The van der Waals surface area contributed by atoms with E-state index in [1.54, 1.807) is 0 Å². The molecule has 2 atom stereocenters. The van der Waals surface area contributed by atoms with E-state index in [-0.39, 0.29) is 17.7 Å². The number of hydrogen-bond donors (Lipinski definition) is 0. The van der Waals surface area contributed by atoms with Gasteiger partial charge < -0.3 is 4.74 Å². The third-order valence-corrected chi connectivity index (χ3v) is 6.21. The third-order valence-electron chi connectivity index (χ3n) is 6.21. The second-order valence-electron chi connectivity index (χ2n) is 8.74. The zero-order chi connectivity index (χ0) is 21.2. The Morgan fingerprint density at radius 3 is 2.50 bits per heavy atom. The molecule has 5 rings (SSSR count). The van der Waals surface area contributed by atoms with E-state index in [9.17, 15) is 14.4 Å². The molecule has 0 saturated carbocycles. The number of fused-ring (bicyclic) bond motifs is 6. The van der Waals surface area contributed by atoms with Crippen LogP contribution < -0.4 is 9.75 Å². The maximum absolute atomic E-state index is 13.1. The zero-order valence-electron chi connectivity index (χ0n) is 17.2. The molecule has 0 bridgehead atoms. The van der Waals surface area contributed by atoms with Crippen molar-refractivity contribution in [2.45, 2.75) is 32.4 Å². The third kappa shape index (κ3) is 2.54. The summed E-state index contributed by atoms with van der Waals surface area (Å²) in [5.74, 6) is -0.855. The number of carbonyl (C=O) groups is 3. The topological polar surface area (TPSA) is 70.2 Å². The Morgan fingerprint density at radius 1 is 1.03 bits per heavy atom. The first-order chi connectivity index (χ1) is 14.3. The highest BCUT2D eigenvalue weighted by molar-refractivity contribution is 6.12. The average molecular weight is 405 g/mol. The zero-order valence-corrected chi connectivity index (χ0v) is 17.2. The minimum absolute atomic E-state index is 0.135. The Morgan fingerprint density at radius 2 is 1.77 bits per heavy atom. The standard InChI is InChI=1S/C23H23N3O4/c1-23(2)13-25-17-10-9-15(30-12-14-7-5-4-6-8-14)11-16(17)18-19(26(25)22(23)29)21(28)24(3)20(18)27/h4-11,18-19H,12-13H2,1-3H3. The van der Waals surface area contributed by atoms with E-state index in [1.165, 1.54) is 12.1 Å². The molecule has 0 N–H and O–H groups in total. The van der Waals surface area contributed by atoms with Crippen LogP contribution in [0.25, 0.3) is 0 Å². The van der Waals surface area contributed by atoms with E-state index >= 15 is 0 Å². The predicted molar refractivity (Wildman–Crippen MR) is 109 cm³/mol. The van der Waals surface area contributed by atoms with Gasteiger partial charge in [0.05, 0.1) is 23.6 Å². The van der Waals surface area contributed by atoms with Gasteiger partial charge in [0.2, 0.25) is 11.8 Å². The molecule has 2 fully saturated rings. The Labute approximate surface area is 174 Å². The molecule has 0 radical (unpaired) electrons. The summed E-state index contributed by atoms with van der Waals surface area (Å²) >= 11 is 0. The number of imide groups is 1. The minimum Gasteiger partial charge on any atom is -0.489 e. The van der Waals surface area contributed by atoms with Crippen molar-refractivity contribution >= 4 is 23.4 Å². The Balaban J connectivity index is 1.56. The highest BCUT2D eigenvalue weighted by atomic mass is 16.5. The van der Waals surface area contributed by atoms with Crippen LogP contribution in [0.2, 0.25) is 0 Å². The van der Waals surface area contributed by atoms with Crippen molar-refractivity contribution in [1.29, 1.82) is 0 Å². The van der Waals surface area contributed by atoms with Gasteiger partial charge in [-0.15, -0.1) is 0 Å². The van der Waals surface area contributed by atoms with E-state index < -0.39 is 17.4 Å². The summed E-state index contributed by atoms with van der Waals surface area (Å²) < 4.78 is 5.96. The molecule has 2 aromatic rings. The lowest BCUT2D eigenvalue weighted by Crippen LogP contribution is -2.54. The average Bonchev–Trinajstić information content (AvgIpc) is 3.11. The summed E-state index contributed by atoms with van der Waals surface area (Å²) in [6.07, 6.45) is 0. The van der Waals surface area contributed by atoms with E-state index in [4.69, 9.17) is 4.74 Å². The Hall–Kier alpha value is -3.35. The maximum Gasteiger partial charge on any atom is 0.255 e. The first-order valence-corrected chi connectivity index (χ1v) is 10.0. The summed E-state index contributed by atoms with van der Waals surface area (Å²) in [7, 11) is 1.48. The lowest BCUT2D eigenvalue weighted by atomic mass is 9.89. The van der Waals surface area contributed by atoms with Gasteiger partial charge in [-0.25, -0.2) is 5.01 Å². The second kappa shape index (κ2) is 6.32. The van der Waals surface area contributed by atoms with Crippen LogP contribution in [0.5, 0.6) is 5.75 Å². The van der Waals surface area contributed by atoms with Gasteiger partial charge in [0.15, 0.2) is 0 Å². The fraction of sp³-hybridized carbons (Fsp3) is 0.348. The van der Waals surface area contributed by atoms with Crippen molar-refractivity contribution in [3.05, 3.63) is 59.7 Å². The van der Waals surface area contributed by atoms with Crippen LogP contribution in [0.1, 0.15) is 30.9 Å². The molecular weight excluding hydrogens is 382 g/mol. The summed E-state index contributed by atoms with van der Waals surface area (Å²) in [6, 6.07) is 14.6. The molecule has 3 amide bonds. The number of hydrazine groups is 1. The van der Waals surface area contributed by atoms with Crippen LogP contribution >= 0.6 is 0 Å². The second-order valence-corrected chi connectivity index (χ2v) is 8.74. The molecule has 154 valence electrons. The Kier molecular flexibility index (Phi) is 3.93. The van der Waals surface area contributed by atoms with Crippen molar-refractivity contribution in [3.8, 4) is 5.75 Å². The van der Waals surface area contributed by atoms with Crippen molar-refractivity contribution in [2.24, 2.45) is 5.41 Å². The molecule has 3 heterocycles. The molecule has 3 aliphatic rings. The van der Waals surface area contributed by atoms with Crippen LogP contribution in [0.15, 0.2) is 48.5 Å². The first-order valence-electron chi connectivity index (χ1n) is 10.0. The number of amides is 3. The number of likely N-dealkylation sites (N-methyl/N-ethyl adjacent to an activating group) is 1. The van der Waals surface area contributed by atoms with E-state index in [0.717, 1.165) is 21.7 Å². The SMILES string of the molecule is CN1C(=O)C2c3cc(OCc4ccccc4)ccc3N3CC(C)(C)C(=O)N3C2C1=O. The number of nitrogens with zero attached hydrogens (tertiary/aromatic N) is 3. The molecule has 2 saturated heterocycles. The molecule has 0 aliphatic carbocycles. The van der Waals surface area contributed by atoms with Gasteiger partial charge in [-0.1, -0.05) is 30.3 Å². The van der Waals surface area contributed by atoms with Gasteiger partial charge in [0.25, 0.3) is 5.91 Å². The summed E-state index contributed by atoms with van der Waals surface area (Å²) in [6.45, 7) is 4.59. The highest BCUT2D eigenvalue weighted by Crippen LogP contribution is 2.49. The fourth-order valence-corrected chi connectivity index (χ4v) is 4.61. The Bertz CT molecular complexity index is 1070. The van der Waals surface area contributed by atoms with Crippen LogP contribution in [0.4, 0.5) is 5.69 Å². The van der Waals surface area contributed by atoms with Gasteiger partial charge >= 0.3 is 0 Å². The van der Waals surface area contributed by atoms with E-state index in [2.05, 4.69) is 0 Å². The van der Waals surface area contributed by atoms with Crippen molar-refractivity contribution in [1.82, 2.24) is 9.91 Å². The first kappa shape index (κ1) is 18.7. The molecule has 2 aromatic carbocycles. The highest BCUT2D eigenvalue weighted by Gasteiger charge is 2.61. The number of ether oxygens (including phenoxy) is 1. The number of anilines is 1. The maximum atomic E-state index is 13.1.